The smallest absolute Gasteiger partial charge is 0.141 e. The van der Waals surface area contributed by atoms with Crippen LogP contribution in [0.15, 0.2) is 30.9 Å². The normalized spacial score (nSPS) is 12.6. The highest BCUT2D eigenvalue weighted by Gasteiger charge is 2.06. The van der Waals surface area contributed by atoms with Gasteiger partial charge in [0.25, 0.3) is 0 Å². The van der Waals surface area contributed by atoms with Crippen molar-refractivity contribution in [2.75, 3.05) is 6.54 Å². The third-order valence-corrected chi connectivity index (χ3v) is 2.59. The van der Waals surface area contributed by atoms with Gasteiger partial charge < -0.3 is 10.3 Å². The molecule has 2 aromatic rings. The zero-order valence-corrected chi connectivity index (χ0v) is 9.65. The number of pyridine rings is 1. The molecule has 90 valence electrons. The van der Waals surface area contributed by atoms with Gasteiger partial charge >= 0.3 is 0 Å². The number of imidazole rings is 1. The van der Waals surface area contributed by atoms with Crippen molar-refractivity contribution < 1.29 is 4.39 Å². The third-order valence-electron chi connectivity index (χ3n) is 2.59. The Morgan fingerprint density at radius 2 is 2.29 bits per heavy atom. The molecule has 0 aliphatic heterocycles. The molecule has 4 nitrogen and oxygen atoms in total. The molecule has 2 N–H and O–H groups in total. The van der Waals surface area contributed by atoms with Crippen LogP contribution in [0.1, 0.15) is 24.4 Å². The summed E-state index contributed by atoms with van der Waals surface area (Å²) in [6.07, 6.45) is 5.59. The van der Waals surface area contributed by atoms with Gasteiger partial charge in [-0.15, -0.1) is 0 Å². The Hall–Kier alpha value is -1.75. The molecule has 2 aromatic heterocycles. The summed E-state index contributed by atoms with van der Waals surface area (Å²) in [6.45, 7) is 2.83. The summed E-state index contributed by atoms with van der Waals surface area (Å²) in [5, 5.41) is 3.32. The molecule has 0 radical (unpaired) electrons. The SMILES string of the molecule is CC(NCCc1cnc[nH]1)c1ccc(F)cn1. The molecule has 2 heterocycles. The molecule has 0 bridgehead atoms. The molecule has 0 spiro atoms. The Balaban J connectivity index is 1.81. The average Bonchev–Trinajstić information content (AvgIpc) is 2.83. The van der Waals surface area contributed by atoms with E-state index in [2.05, 4.69) is 20.3 Å². The van der Waals surface area contributed by atoms with Gasteiger partial charge in [0, 0.05) is 30.9 Å². The predicted molar refractivity (Wildman–Crippen MR) is 62.9 cm³/mol. The Bertz CT molecular complexity index is 438. The fourth-order valence-corrected chi connectivity index (χ4v) is 1.59. The molecule has 1 atom stereocenters. The highest BCUT2D eigenvalue weighted by molar-refractivity contribution is 5.09. The van der Waals surface area contributed by atoms with Crippen molar-refractivity contribution in [3.8, 4) is 0 Å². The topological polar surface area (TPSA) is 53.6 Å². The first-order valence-electron chi connectivity index (χ1n) is 5.58. The van der Waals surface area contributed by atoms with Gasteiger partial charge in [-0.25, -0.2) is 9.37 Å². The van der Waals surface area contributed by atoms with E-state index in [4.69, 9.17) is 0 Å². The fraction of sp³-hybridized carbons (Fsp3) is 0.333. The van der Waals surface area contributed by atoms with Crippen molar-refractivity contribution in [2.24, 2.45) is 0 Å². The summed E-state index contributed by atoms with van der Waals surface area (Å²) >= 11 is 0. The van der Waals surface area contributed by atoms with E-state index >= 15 is 0 Å². The summed E-state index contributed by atoms with van der Waals surface area (Å²) < 4.78 is 12.7. The third kappa shape index (κ3) is 3.35. The Labute approximate surface area is 99.3 Å². The van der Waals surface area contributed by atoms with Gasteiger partial charge in [-0.05, 0) is 19.1 Å². The van der Waals surface area contributed by atoms with Crippen LogP contribution in [-0.2, 0) is 6.42 Å². The Kier molecular flexibility index (Phi) is 3.82. The summed E-state index contributed by atoms with van der Waals surface area (Å²) in [6, 6.07) is 3.23. The monoisotopic (exact) mass is 234 g/mol. The molecule has 2 rings (SSSR count). The van der Waals surface area contributed by atoms with Crippen LogP contribution < -0.4 is 5.32 Å². The number of aromatic nitrogens is 3. The first kappa shape index (κ1) is 11.7. The second-order valence-electron chi connectivity index (χ2n) is 3.90. The zero-order valence-electron chi connectivity index (χ0n) is 9.65. The van der Waals surface area contributed by atoms with E-state index in [0.29, 0.717) is 0 Å². The molecule has 0 amide bonds. The van der Waals surface area contributed by atoms with Gasteiger partial charge in [-0.3, -0.25) is 4.98 Å². The second-order valence-corrected chi connectivity index (χ2v) is 3.90. The molecule has 0 fully saturated rings. The highest BCUT2D eigenvalue weighted by atomic mass is 19.1. The number of hydrogen-bond acceptors (Lipinski definition) is 3. The van der Waals surface area contributed by atoms with E-state index in [9.17, 15) is 4.39 Å². The Morgan fingerprint density at radius 1 is 1.41 bits per heavy atom. The molecule has 0 aromatic carbocycles. The maximum Gasteiger partial charge on any atom is 0.141 e. The van der Waals surface area contributed by atoms with Gasteiger partial charge in [-0.1, -0.05) is 0 Å². The average molecular weight is 234 g/mol. The first-order valence-corrected chi connectivity index (χ1v) is 5.58. The van der Waals surface area contributed by atoms with Crippen molar-refractivity contribution in [2.45, 2.75) is 19.4 Å². The lowest BCUT2D eigenvalue weighted by Crippen LogP contribution is -2.22. The van der Waals surface area contributed by atoms with Crippen LogP contribution in [0.2, 0.25) is 0 Å². The van der Waals surface area contributed by atoms with Gasteiger partial charge in [0.05, 0.1) is 18.2 Å². The minimum Gasteiger partial charge on any atom is -0.348 e. The van der Waals surface area contributed by atoms with Crippen LogP contribution in [0.25, 0.3) is 0 Å². The van der Waals surface area contributed by atoms with Gasteiger partial charge in [0.2, 0.25) is 0 Å². The first-order chi connectivity index (χ1) is 8.25. The number of H-pyrrole nitrogens is 1. The molecule has 0 saturated carbocycles. The molecule has 1 unspecified atom stereocenters. The van der Waals surface area contributed by atoms with Crippen LogP contribution in [0.5, 0.6) is 0 Å². The number of nitrogens with zero attached hydrogens (tertiary/aromatic N) is 2. The molecular formula is C12H15FN4. The highest BCUT2D eigenvalue weighted by Crippen LogP contribution is 2.09. The summed E-state index contributed by atoms with van der Waals surface area (Å²) in [4.78, 5) is 11.0. The quantitative estimate of drug-likeness (QED) is 0.830. The predicted octanol–water partition coefficient (Wildman–Crippen LogP) is 1.84. The van der Waals surface area contributed by atoms with Crippen LogP contribution in [0, 0.1) is 5.82 Å². The lowest BCUT2D eigenvalue weighted by atomic mass is 10.2. The lowest BCUT2D eigenvalue weighted by molar-refractivity contribution is 0.555. The van der Waals surface area contributed by atoms with Crippen molar-refractivity contribution in [1.29, 1.82) is 0 Å². The molecule has 5 heteroatoms. The Morgan fingerprint density at radius 3 is 2.94 bits per heavy atom. The van der Waals surface area contributed by atoms with E-state index in [0.717, 1.165) is 24.4 Å². The number of halogens is 1. The molecule has 0 saturated heterocycles. The minimum atomic E-state index is -0.307. The van der Waals surface area contributed by atoms with Crippen molar-refractivity contribution >= 4 is 0 Å². The van der Waals surface area contributed by atoms with Crippen molar-refractivity contribution in [1.82, 2.24) is 20.3 Å². The summed E-state index contributed by atoms with van der Waals surface area (Å²) in [7, 11) is 0. The maximum atomic E-state index is 12.7. The molecule has 0 aliphatic carbocycles. The van der Waals surface area contributed by atoms with Gasteiger partial charge in [0.15, 0.2) is 0 Å². The number of aromatic amines is 1. The second kappa shape index (κ2) is 5.54. The van der Waals surface area contributed by atoms with Gasteiger partial charge in [0.1, 0.15) is 5.82 Å². The van der Waals surface area contributed by atoms with E-state index in [1.54, 1.807) is 12.4 Å². The fourth-order valence-electron chi connectivity index (χ4n) is 1.59. The van der Waals surface area contributed by atoms with Crippen LogP contribution in [0.4, 0.5) is 4.39 Å². The molecule has 17 heavy (non-hydrogen) atoms. The van der Waals surface area contributed by atoms with Gasteiger partial charge in [-0.2, -0.15) is 0 Å². The van der Waals surface area contributed by atoms with Crippen LogP contribution in [-0.4, -0.2) is 21.5 Å². The molecule has 0 aliphatic rings. The summed E-state index contributed by atoms with van der Waals surface area (Å²) in [5.41, 5.74) is 1.94. The van der Waals surface area contributed by atoms with E-state index < -0.39 is 0 Å². The summed E-state index contributed by atoms with van der Waals surface area (Å²) in [5.74, 6) is -0.307. The standard InChI is InChI=1S/C12H15FN4/c1-9(12-3-2-10(13)6-16-12)15-5-4-11-7-14-8-17-11/h2-3,6-9,15H,4-5H2,1H3,(H,14,17). The minimum absolute atomic E-state index is 0.110. The van der Waals surface area contributed by atoms with Crippen LogP contribution >= 0.6 is 0 Å². The number of hydrogen-bond donors (Lipinski definition) is 2. The van der Waals surface area contributed by atoms with E-state index in [-0.39, 0.29) is 11.9 Å². The van der Waals surface area contributed by atoms with Crippen LogP contribution in [0.3, 0.4) is 0 Å². The lowest BCUT2D eigenvalue weighted by Gasteiger charge is -2.12. The number of rotatable bonds is 5. The largest absolute Gasteiger partial charge is 0.348 e. The maximum absolute atomic E-state index is 12.7. The molecular weight excluding hydrogens is 219 g/mol. The van der Waals surface area contributed by atoms with E-state index in [1.165, 1.54) is 12.3 Å². The number of nitrogens with one attached hydrogen (secondary N) is 2. The zero-order chi connectivity index (χ0) is 12.1. The van der Waals surface area contributed by atoms with Crippen molar-refractivity contribution in [3.63, 3.8) is 0 Å². The van der Waals surface area contributed by atoms with Crippen molar-refractivity contribution in [3.05, 3.63) is 48.1 Å². The van der Waals surface area contributed by atoms with E-state index in [1.807, 2.05) is 13.1 Å².